The van der Waals surface area contributed by atoms with Gasteiger partial charge in [-0.15, -0.1) is 13.2 Å². The molecule has 2 N–H and O–H groups in total. The molecule has 1 atom stereocenters. The first kappa shape index (κ1) is 20.4. The number of carbonyl (C=O) groups excluding carboxylic acids is 2. The van der Waals surface area contributed by atoms with Crippen LogP contribution in [0, 0.1) is 5.82 Å². The van der Waals surface area contributed by atoms with Crippen molar-refractivity contribution >= 4 is 23.3 Å². The zero-order valence-electron chi connectivity index (χ0n) is 15.0. The first-order chi connectivity index (χ1) is 13.7. The van der Waals surface area contributed by atoms with Gasteiger partial charge >= 0.3 is 12.4 Å². The maximum Gasteiger partial charge on any atom is 0.573 e. The molecular weight excluding hydrogens is 394 g/mol. The number of benzene rings is 2. The molecule has 0 spiro atoms. The summed E-state index contributed by atoms with van der Waals surface area (Å²) >= 11 is 0. The molecule has 154 valence electrons. The lowest BCUT2D eigenvalue weighted by Crippen LogP contribution is -2.45. The second kappa shape index (κ2) is 8.38. The van der Waals surface area contributed by atoms with Crippen molar-refractivity contribution in [1.29, 1.82) is 0 Å². The Kier molecular flexibility index (Phi) is 5.90. The van der Waals surface area contributed by atoms with Crippen LogP contribution in [-0.4, -0.2) is 35.8 Å². The smallest absolute Gasteiger partial charge is 0.406 e. The van der Waals surface area contributed by atoms with Gasteiger partial charge in [-0.2, -0.15) is 0 Å². The monoisotopic (exact) mass is 411 g/mol. The Morgan fingerprint density at radius 3 is 2.17 bits per heavy atom. The number of anilines is 2. The molecule has 3 rings (SSSR count). The minimum absolute atomic E-state index is 0.273. The number of urea groups is 1. The maximum absolute atomic E-state index is 13.0. The summed E-state index contributed by atoms with van der Waals surface area (Å²) in [5.41, 5.74) is 0.665. The van der Waals surface area contributed by atoms with Gasteiger partial charge in [0.15, 0.2) is 0 Å². The van der Waals surface area contributed by atoms with Crippen LogP contribution in [-0.2, 0) is 4.79 Å². The number of likely N-dealkylation sites (tertiary alicyclic amines) is 1. The van der Waals surface area contributed by atoms with Gasteiger partial charge in [0.25, 0.3) is 0 Å². The van der Waals surface area contributed by atoms with Gasteiger partial charge in [-0.05, 0) is 61.4 Å². The zero-order valence-corrected chi connectivity index (χ0v) is 15.0. The van der Waals surface area contributed by atoms with Gasteiger partial charge in [-0.25, -0.2) is 9.18 Å². The third kappa shape index (κ3) is 5.59. The van der Waals surface area contributed by atoms with Crippen LogP contribution in [0.3, 0.4) is 0 Å². The van der Waals surface area contributed by atoms with Crippen molar-refractivity contribution in [2.75, 3.05) is 17.2 Å². The molecule has 0 bridgehead atoms. The summed E-state index contributed by atoms with van der Waals surface area (Å²) in [5, 5.41) is 5.19. The van der Waals surface area contributed by atoms with E-state index in [-0.39, 0.29) is 5.69 Å². The fraction of sp³-hybridized carbons (Fsp3) is 0.263. The van der Waals surface area contributed by atoms with E-state index >= 15 is 0 Å². The Hall–Kier alpha value is -3.30. The number of rotatable bonds is 4. The fourth-order valence-electron chi connectivity index (χ4n) is 2.98. The highest BCUT2D eigenvalue weighted by Crippen LogP contribution is 2.25. The van der Waals surface area contributed by atoms with Crippen molar-refractivity contribution in [3.05, 3.63) is 54.3 Å². The molecule has 0 aromatic heterocycles. The van der Waals surface area contributed by atoms with Gasteiger partial charge in [-0.3, -0.25) is 4.79 Å². The Morgan fingerprint density at radius 1 is 0.966 bits per heavy atom. The van der Waals surface area contributed by atoms with Crippen LogP contribution >= 0.6 is 0 Å². The van der Waals surface area contributed by atoms with Gasteiger partial charge in [-0.1, -0.05) is 0 Å². The van der Waals surface area contributed by atoms with Gasteiger partial charge in [0.2, 0.25) is 5.91 Å². The number of ether oxygens (including phenoxy) is 1. The molecule has 0 unspecified atom stereocenters. The highest BCUT2D eigenvalue weighted by molar-refractivity contribution is 5.99. The second-order valence-electron chi connectivity index (χ2n) is 6.35. The summed E-state index contributed by atoms with van der Waals surface area (Å²) in [6, 6.07) is 8.70. The Labute approximate surface area is 163 Å². The minimum Gasteiger partial charge on any atom is -0.406 e. The number of halogens is 4. The highest BCUT2D eigenvalue weighted by atomic mass is 19.4. The van der Waals surface area contributed by atoms with E-state index in [1.807, 2.05) is 0 Å². The molecule has 1 aliphatic heterocycles. The molecular formula is C19H17F4N3O3. The summed E-state index contributed by atoms with van der Waals surface area (Å²) < 4.78 is 53.3. The molecule has 10 heteroatoms. The Bertz CT molecular complexity index is 870. The number of hydrogen-bond donors (Lipinski definition) is 2. The Morgan fingerprint density at radius 2 is 1.55 bits per heavy atom. The molecule has 0 aliphatic carbocycles. The number of nitrogens with zero attached hydrogens (tertiary/aromatic N) is 1. The van der Waals surface area contributed by atoms with Gasteiger partial charge in [0, 0.05) is 17.9 Å². The molecule has 6 nitrogen and oxygen atoms in total. The van der Waals surface area contributed by atoms with Crippen LogP contribution in [0.2, 0.25) is 0 Å². The van der Waals surface area contributed by atoms with Crippen molar-refractivity contribution < 1.29 is 31.9 Å². The average Bonchev–Trinajstić information content (AvgIpc) is 3.14. The zero-order chi connectivity index (χ0) is 21.0. The average molecular weight is 411 g/mol. The van der Waals surface area contributed by atoms with Crippen LogP contribution in [0.5, 0.6) is 5.75 Å². The predicted octanol–water partition coefficient (Wildman–Crippen LogP) is 4.36. The summed E-state index contributed by atoms with van der Waals surface area (Å²) in [4.78, 5) is 26.4. The van der Waals surface area contributed by atoms with Gasteiger partial charge in [0.05, 0.1) is 0 Å². The summed E-state index contributed by atoms with van der Waals surface area (Å²) in [6.07, 6.45) is -3.74. The highest BCUT2D eigenvalue weighted by Gasteiger charge is 2.34. The van der Waals surface area contributed by atoms with E-state index in [1.54, 1.807) is 0 Å². The molecule has 0 radical (unpaired) electrons. The number of carbonyl (C=O) groups is 2. The molecule has 1 aliphatic rings. The number of alkyl halides is 3. The topological polar surface area (TPSA) is 70.7 Å². The van der Waals surface area contributed by atoms with Crippen molar-refractivity contribution in [1.82, 2.24) is 4.90 Å². The van der Waals surface area contributed by atoms with Crippen LogP contribution in [0.1, 0.15) is 12.8 Å². The van der Waals surface area contributed by atoms with Crippen molar-refractivity contribution in [2.24, 2.45) is 0 Å². The summed E-state index contributed by atoms with van der Waals surface area (Å²) in [7, 11) is 0. The lowest BCUT2D eigenvalue weighted by Gasteiger charge is -2.24. The van der Waals surface area contributed by atoms with E-state index in [4.69, 9.17) is 0 Å². The van der Waals surface area contributed by atoms with Crippen LogP contribution in [0.25, 0.3) is 0 Å². The summed E-state index contributed by atoms with van der Waals surface area (Å²) in [5.74, 6) is -1.30. The van der Waals surface area contributed by atoms with E-state index in [0.717, 1.165) is 12.1 Å². The SMILES string of the molecule is O=C(Nc1ccc(OC(F)(F)F)cc1)[C@H]1CCCN1C(=O)Nc1ccc(F)cc1. The minimum atomic E-state index is -4.80. The first-order valence-electron chi connectivity index (χ1n) is 8.71. The second-order valence-corrected chi connectivity index (χ2v) is 6.35. The quantitative estimate of drug-likeness (QED) is 0.735. The molecule has 1 heterocycles. The number of hydrogen-bond acceptors (Lipinski definition) is 3. The lowest BCUT2D eigenvalue weighted by molar-refractivity contribution is -0.274. The fourth-order valence-corrected chi connectivity index (χ4v) is 2.98. The third-order valence-electron chi connectivity index (χ3n) is 4.27. The van der Waals surface area contributed by atoms with Crippen molar-refractivity contribution in [3.8, 4) is 5.75 Å². The van der Waals surface area contributed by atoms with Crippen LogP contribution in [0.15, 0.2) is 48.5 Å². The molecule has 2 aromatic rings. The molecule has 1 fully saturated rings. The van der Waals surface area contributed by atoms with E-state index < -0.39 is 35.9 Å². The molecule has 2 aromatic carbocycles. The molecule has 1 saturated heterocycles. The largest absolute Gasteiger partial charge is 0.573 e. The Balaban J connectivity index is 1.60. The molecule has 3 amide bonds. The normalized spacial score (nSPS) is 16.4. The molecule has 29 heavy (non-hydrogen) atoms. The first-order valence-corrected chi connectivity index (χ1v) is 8.71. The molecule has 0 saturated carbocycles. The standard InChI is InChI=1S/C19H17F4N3O3/c20-12-3-5-14(6-4-12)25-18(28)26-11-1-2-16(26)17(27)24-13-7-9-15(10-8-13)29-19(21,22)23/h3-10,16H,1-2,11H2,(H,24,27)(H,25,28)/t16-/m1/s1. The van der Waals surface area contributed by atoms with Crippen LogP contribution < -0.4 is 15.4 Å². The van der Waals surface area contributed by atoms with E-state index in [1.165, 1.54) is 41.3 Å². The van der Waals surface area contributed by atoms with Crippen LogP contribution in [0.4, 0.5) is 33.7 Å². The predicted molar refractivity (Wildman–Crippen MR) is 96.9 cm³/mol. The third-order valence-corrected chi connectivity index (χ3v) is 4.27. The van der Waals surface area contributed by atoms with Gasteiger partial charge in [0.1, 0.15) is 17.6 Å². The van der Waals surface area contributed by atoms with Crippen molar-refractivity contribution in [3.63, 3.8) is 0 Å². The number of nitrogens with one attached hydrogen (secondary N) is 2. The van der Waals surface area contributed by atoms with Crippen molar-refractivity contribution in [2.45, 2.75) is 25.2 Å². The maximum atomic E-state index is 13.0. The van der Waals surface area contributed by atoms with Gasteiger partial charge < -0.3 is 20.3 Å². The number of amides is 3. The van der Waals surface area contributed by atoms with E-state index in [9.17, 15) is 27.2 Å². The lowest BCUT2D eigenvalue weighted by atomic mass is 10.2. The van der Waals surface area contributed by atoms with E-state index in [0.29, 0.717) is 25.1 Å². The van der Waals surface area contributed by atoms with E-state index in [2.05, 4.69) is 15.4 Å². The summed E-state index contributed by atoms with van der Waals surface area (Å²) in [6.45, 7) is 0.365.